The predicted molar refractivity (Wildman–Crippen MR) is 52.9 cm³/mol. The minimum atomic E-state index is 0.0641. The lowest BCUT2D eigenvalue weighted by molar-refractivity contribution is 0.407. The van der Waals surface area contributed by atoms with E-state index in [1.54, 1.807) is 7.11 Å². The summed E-state index contributed by atoms with van der Waals surface area (Å²) in [6, 6.07) is 8.09. The molecule has 0 amide bonds. The van der Waals surface area contributed by atoms with E-state index in [0.717, 1.165) is 25.0 Å². The molecule has 0 bridgehead atoms. The van der Waals surface area contributed by atoms with E-state index in [2.05, 4.69) is 6.07 Å². The highest BCUT2D eigenvalue weighted by Gasteiger charge is 2.38. The lowest BCUT2D eigenvalue weighted by atomic mass is 10.0. The third-order valence-corrected chi connectivity index (χ3v) is 2.63. The highest BCUT2D eigenvalue weighted by Crippen LogP contribution is 2.37. The third kappa shape index (κ3) is 1.83. The summed E-state index contributed by atoms with van der Waals surface area (Å²) in [6.07, 6.45) is 3.23. The standard InChI is InChI=1S/C11H15NO/c1-13-10-5-3-2-4-9(10)8-11(12)6-7-11/h2-5H,6-8,12H2,1H3. The maximum atomic E-state index is 6.05. The molecule has 1 aromatic rings. The Morgan fingerprint density at radius 2 is 2.08 bits per heavy atom. The zero-order valence-electron chi connectivity index (χ0n) is 7.92. The van der Waals surface area contributed by atoms with Crippen LogP contribution in [-0.2, 0) is 6.42 Å². The second-order valence-electron chi connectivity index (χ2n) is 3.85. The molecule has 2 N–H and O–H groups in total. The second kappa shape index (κ2) is 3.04. The van der Waals surface area contributed by atoms with E-state index < -0.39 is 0 Å². The van der Waals surface area contributed by atoms with Gasteiger partial charge in [-0.25, -0.2) is 0 Å². The first-order valence-electron chi connectivity index (χ1n) is 4.64. The van der Waals surface area contributed by atoms with Gasteiger partial charge in [0.1, 0.15) is 5.75 Å². The van der Waals surface area contributed by atoms with Crippen LogP contribution in [0.5, 0.6) is 5.75 Å². The van der Waals surface area contributed by atoms with E-state index in [1.807, 2.05) is 18.2 Å². The number of benzene rings is 1. The molecule has 2 heteroatoms. The van der Waals surface area contributed by atoms with Crippen LogP contribution in [0, 0.1) is 0 Å². The van der Waals surface area contributed by atoms with Crippen LogP contribution in [0.2, 0.25) is 0 Å². The topological polar surface area (TPSA) is 35.2 Å². The van der Waals surface area contributed by atoms with Gasteiger partial charge in [-0.05, 0) is 30.9 Å². The van der Waals surface area contributed by atoms with Crippen LogP contribution in [0.15, 0.2) is 24.3 Å². The van der Waals surface area contributed by atoms with Gasteiger partial charge in [0.2, 0.25) is 0 Å². The molecular weight excluding hydrogens is 162 g/mol. The molecule has 1 aromatic carbocycles. The average molecular weight is 177 g/mol. The monoisotopic (exact) mass is 177 g/mol. The summed E-state index contributed by atoms with van der Waals surface area (Å²) in [6.45, 7) is 0. The van der Waals surface area contributed by atoms with Crippen molar-refractivity contribution in [2.45, 2.75) is 24.8 Å². The number of methoxy groups -OCH3 is 1. The van der Waals surface area contributed by atoms with Crippen molar-refractivity contribution in [1.82, 2.24) is 0 Å². The molecule has 13 heavy (non-hydrogen) atoms. The first-order valence-corrected chi connectivity index (χ1v) is 4.64. The lowest BCUT2D eigenvalue weighted by Gasteiger charge is -2.11. The summed E-state index contributed by atoms with van der Waals surface area (Å²) in [7, 11) is 1.70. The van der Waals surface area contributed by atoms with Crippen molar-refractivity contribution in [2.75, 3.05) is 7.11 Å². The fourth-order valence-electron chi connectivity index (χ4n) is 1.57. The molecule has 1 fully saturated rings. The van der Waals surface area contributed by atoms with E-state index in [-0.39, 0.29) is 5.54 Å². The van der Waals surface area contributed by atoms with Crippen LogP contribution in [0.4, 0.5) is 0 Å². The van der Waals surface area contributed by atoms with E-state index in [4.69, 9.17) is 10.5 Å². The largest absolute Gasteiger partial charge is 0.496 e. The van der Waals surface area contributed by atoms with Crippen molar-refractivity contribution >= 4 is 0 Å². The molecule has 1 aliphatic rings. The van der Waals surface area contributed by atoms with Gasteiger partial charge < -0.3 is 10.5 Å². The van der Waals surface area contributed by atoms with Gasteiger partial charge in [-0.15, -0.1) is 0 Å². The molecule has 0 saturated heterocycles. The van der Waals surface area contributed by atoms with E-state index in [1.165, 1.54) is 5.56 Å². The van der Waals surface area contributed by atoms with Crippen LogP contribution in [0.25, 0.3) is 0 Å². The number of rotatable bonds is 3. The van der Waals surface area contributed by atoms with Crippen molar-refractivity contribution in [3.8, 4) is 5.75 Å². The molecule has 70 valence electrons. The van der Waals surface area contributed by atoms with Crippen LogP contribution in [-0.4, -0.2) is 12.6 Å². The molecule has 2 nitrogen and oxygen atoms in total. The Hall–Kier alpha value is -1.02. The molecule has 0 spiro atoms. The Morgan fingerprint density at radius 3 is 2.69 bits per heavy atom. The maximum Gasteiger partial charge on any atom is 0.122 e. The highest BCUT2D eigenvalue weighted by molar-refractivity contribution is 5.35. The second-order valence-corrected chi connectivity index (χ2v) is 3.85. The third-order valence-electron chi connectivity index (χ3n) is 2.63. The molecule has 0 radical (unpaired) electrons. The normalized spacial score (nSPS) is 18.3. The van der Waals surface area contributed by atoms with E-state index in [9.17, 15) is 0 Å². The highest BCUT2D eigenvalue weighted by atomic mass is 16.5. The van der Waals surface area contributed by atoms with Gasteiger partial charge in [-0.3, -0.25) is 0 Å². The molecule has 0 aliphatic heterocycles. The maximum absolute atomic E-state index is 6.05. The summed E-state index contributed by atoms with van der Waals surface area (Å²) in [5.74, 6) is 0.958. The Bertz CT molecular complexity index is 305. The van der Waals surface area contributed by atoms with Crippen molar-refractivity contribution in [2.24, 2.45) is 5.73 Å². The van der Waals surface area contributed by atoms with Gasteiger partial charge in [-0.1, -0.05) is 18.2 Å². The molecule has 0 heterocycles. The number of hydrogen-bond acceptors (Lipinski definition) is 2. The van der Waals surface area contributed by atoms with Gasteiger partial charge in [0.15, 0.2) is 0 Å². The fraction of sp³-hybridized carbons (Fsp3) is 0.455. The quantitative estimate of drug-likeness (QED) is 0.763. The molecular formula is C11H15NO. The SMILES string of the molecule is COc1ccccc1CC1(N)CC1. The number of nitrogens with two attached hydrogens (primary N) is 1. The van der Waals surface area contributed by atoms with Gasteiger partial charge in [0.05, 0.1) is 7.11 Å². The van der Waals surface area contributed by atoms with E-state index >= 15 is 0 Å². The first-order chi connectivity index (χ1) is 6.23. The molecule has 0 atom stereocenters. The zero-order valence-corrected chi connectivity index (χ0v) is 7.92. The zero-order chi connectivity index (χ0) is 9.31. The van der Waals surface area contributed by atoms with Gasteiger partial charge in [-0.2, -0.15) is 0 Å². The van der Waals surface area contributed by atoms with Gasteiger partial charge in [0, 0.05) is 5.54 Å². The summed E-state index contributed by atoms with van der Waals surface area (Å²) in [5, 5.41) is 0. The van der Waals surface area contributed by atoms with Crippen LogP contribution < -0.4 is 10.5 Å². The molecule has 2 rings (SSSR count). The van der Waals surface area contributed by atoms with Crippen LogP contribution in [0.1, 0.15) is 18.4 Å². The molecule has 1 saturated carbocycles. The van der Waals surface area contributed by atoms with Crippen molar-refractivity contribution < 1.29 is 4.74 Å². The molecule has 0 aromatic heterocycles. The Balaban J connectivity index is 2.18. The summed E-state index contributed by atoms with van der Waals surface area (Å²) < 4.78 is 5.26. The number of ether oxygens (including phenoxy) is 1. The van der Waals surface area contributed by atoms with Gasteiger partial charge >= 0.3 is 0 Å². The Morgan fingerprint density at radius 1 is 1.38 bits per heavy atom. The lowest BCUT2D eigenvalue weighted by Crippen LogP contribution is -2.24. The molecule has 0 unspecified atom stereocenters. The Labute approximate surface area is 78.7 Å². The van der Waals surface area contributed by atoms with Crippen LogP contribution in [0.3, 0.4) is 0 Å². The van der Waals surface area contributed by atoms with E-state index in [0.29, 0.717) is 0 Å². The van der Waals surface area contributed by atoms with Crippen molar-refractivity contribution in [3.63, 3.8) is 0 Å². The summed E-state index contributed by atoms with van der Waals surface area (Å²) in [4.78, 5) is 0. The van der Waals surface area contributed by atoms with Crippen molar-refractivity contribution in [1.29, 1.82) is 0 Å². The van der Waals surface area contributed by atoms with Gasteiger partial charge in [0.25, 0.3) is 0 Å². The number of para-hydroxylation sites is 1. The number of hydrogen-bond donors (Lipinski definition) is 1. The summed E-state index contributed by atoms with van der Waals surface area (Å²) >= 11 is 0. The van der Waals surface area contributed by atoms with Crippen molar-refractivity contribution in [3.05, 3.63) is 29.8 Å². The first kappa shape index (κ1) is 8.57. The van der Waals surface area contributed by atoms with Crippen LogP contribution >= 0.6 is 0 Å². The molecule has 1 aliphatic carbocycles. The average Bonchev–Trinajstić information content (AvgIpc) is 2.84. The minimum Gasteiger partial charge on any atom is -0.496 e. The Kier molecular flexibility index (Phi) is 2.00. The predicted octanol–water partition coefficient (Wildman–Crippen LogP) is 1.73. The minimum absolute atomic E-state index is 0.0641. The smallest absolute Gasteiger partial charge is 0.122 e. The fourth-order valence-corrected chi connectivity index (χ4v) is 1.57. The summed E-state index contributed by atoms with van der Waals surface area (Å²) in [5.41, 5.74) is 7.34.